The van der Waals surface area contributed by atoms with Crippen molar-refractivity contribution in [3.8, 4) is 5.75 Å². The number of benzene rings is 1. The summed E-state index contributed by atoms with van der Waals surface area (Å²) >= 11 is 0. The Morgan fingerprint density at radius 2 is 1.61 bits per heavy atom. The average molecular weight is 389 g/mol. The van der Waals surface area contributed by atoms with Crippen LogP contribution < -0.4 is 4.74 Å². The highest BCUT2D eigenvalue weighted by molar-refractivity contribution is 6.05. The van der Waals surface area contributed by atoms with Crippen molar-refractivity contribution in [3.63, 3.8) is 0 Å². The summed E-state index contributed by atoms with van der Waals surface area (Å²) in [4.78, 5) is 31.2. The third-order valence-electron chi connectivity index (χ3n) is 6.38. The number of nitrogens with zero attached hydrogens (tertiary/aromatic N) is 3. The van der Waals surface area contributed by atoms with E-state index < -0.39 is 0 Å². The Bertz CT molecular complexity index is 724. The van der Waals surface area contributed by atoms with E-state index in [4.69, 9.17) is 4.74 Å². The molecule has 1 saturated carbocycles. The lowest BCUT2D eigenvalue weighted by Gasteiger charge is -2.36. The first-order chi connectivity index (χ1) is 13.6. The molecule has 152 valence electrons. The molecule has 2 atom stereocenters. The Morgan fingerprint density at radius 3 is 2.21 bits per heavy atom. The standard InChI is InChI=1S/C21H28FN3O3/c1-28-19-7-6-16(22)12-15(19)13-23-8-10-24(11-9-23)14-25-20(26)17-4-2-3-5-18(17)21(25)27/h6-7,12,17-18H,2-5,8-11,13-14H2,1H3/t17-,18-/m0/s1. The first-order valence-corrected chi connectivity index (χ1v) is 10.2. The fourth-order valence-corrected chi connectivity index (χ4v) is 4.77. The van der Waals surface area contributed by atoms with E-state index in [9.17, 15) is 14.0 Å². The van der Waals surface area contributed by atoms with Crippen molar-refractivity contribution in [3.05, 3.63) is 29.6 Å². The van der Waals surface area contributed by atoms with Crippen LogP contribution in [0.1, 0.15) is 31.2 Å². The number of piperazine rings is 1. The summed E-state index contributed by atoms with van der Waals surface area (Å²) in [6.45, 7) is 4.21. The SMILES string of the molecule is COc1ccc(F)cc1CN1CCN(CN2C(=O)[C@H]3CCCC[C@@H]3C2=O)CC1. The average Bonchev–Trinajstić information content (AvgIpc) is 2.95. The predicted molar refractivity (Wildman–Crippen MR) is 102 cm³/mol. The van der Waals surface area contributed by atoms with E-state index in [0.717, 1.165) is 57.4 Å². The highest BCUT2D eigenvalue weighted by Crippen LogP contribution is 2.38. The van der Waals surface area contributed by atoms with Gasteiger partial charge < -0.3 is 4.74 Å². The van der Waals surface area contributed by atoms with Gasteiger partial charge in [0.05, 0.1) is 25.6 Å². The van der Waals surface area contributed by atoms with E-state index in [1.165, 1.54) is 17.0 Å². The maximum absolute atomic E-state index is 13.6. The van der Waals surface area contributed by atoms with Crippen molar-refractivity contribution in [1.82, 2.24) is 14.7 Å². The van der Waals surface area contributed by atoms with E-state index in [0.29, 0.717) is 19.0 Å². The molecule has 2 aliphatic heterocycles. The predicted octanol–water partition coefficient (Wildman–Crippen LogP) is 2.08. The molecular weight excluding hydrogens is 361 g/mol. The number of rotatable bonds is 5. The van der Waals surface area contributed by atoms with Crippen LogP contribution in [-0.4, -0.2) is 66.5 Å². The van der Waals surface area contributed by atoms with Gasteiger partial charge in [0.1, 0.15) is 11.6 Å². The maximum Gasteiger partial charge on any atom is 0.234 e. The highest BCUT2D eigenvalue weighted by Gasteiger charge is 2.48. The normalized spacial score (nSPS) is 26.6. The van der Waals surface area contributed by atoms with Crippen LogP contribution in [0.3, 0.4) is 0 Å². The number of fused-ring (bicyclic) bond motifs is 1. The largest absolute Gasteiger partial charge is 0.496 e. The van der Waals surface area contributed by atoms with Crippen LogP contribution in [-0.2, 0) is 16.1 Å². The Morgan fingerprint density at radius 1 is 1.00 bits per heavy atom. The van der Waals surface area contributed by atoms with Gasteiger partial charge in [0.2, 0.25) is 11.8 Å². The van der Waals surface area contributed by atoms with Gasteiger partial charge in [-0.05, 0) is 31.0 Å². The van der Waals surface area contributed by atoms with Crippen molar-refractivity contribution in [2.75, 3.05) is 40.0 Å². The Labute approximate surface area is 165 Å². The van der Waals surface area contributed by atoms with Crippen LogP contribution in [0.4, 0.5) is 4.39 Å². The monoisotopic (exact) mass is 389 g/mol. The Kier molecular flexibility index (Phi) is 5.64. The number of halogens is 1. The van der Waals surface area contributed by atoms with Gasteiger partial charge in [-0.2, -0.15) is 0 Å². The molecule has 2 amide bonds. The van der Waals surface area contributed by atoms with Gasteiger partial charge in [0, 0.05) is 38.3 Å². The zero-order valence-electron chi connectivity index (χ0n) is 16.4. The van der Waals surface area contributed by atoms with Gasteiger partial charge in [-0.3, -0.25) is 24.3 Å². The molecule has 7 heteroatoms. The number of carbonyl (C=O) groups excluding carboxylic acids is 2. The Hall–Kier alpha value is -1.99. The fraction of sp³-hybridized carbons (Fsp3) is 0.619. The smallest absolute Gasteiger partial charge is 0.234 e. The van der Waals surface area contributed by atoms with Crippen molar-refractivity contribution < 1.29 is 18.7 Å². The third kappa shape index (κ3) is 3.78. The molecule has 0 N–H and O–H groups in total. The fourth-order valence-electron chi connectivity index (χ4n) is 4.77. The van der Waals surface area contributed by atoms with Crippen LogP contribution >= 0.6 is 0 Å². The molecule has 0 unspecified atom stereocenters. The second-order valence-corrected chi connectivity index (χ2v) is 8.09. The van der Waals surface area contributed by atoms with Crippen molar-refractivity contribution in [1.29, 1.82) is 0 Å². The van der Waals surface area contributed by atoms with E-state index in [1.807, 2.05) is 0 Å². The number of hydrogen-bond acceptors (Lipinski definition) is 5. The van der Waals surface area contributed by atoms with Crippen molar-refractivity contribution in [2.24, 2.45) is 11.8 Å². The number of carbonyl (C=O) groups is 2. The number of amides is 2. The number of ether oxygens (including phenoxy) is 1. The van der Waals surface area contributed by atoms with Crippen molar-refractivity contribution in [2.45, 2.75) is 32.2 Å². The summed E-state index contributed by atoms with van der Waals surface area (Å²) in [6, 6.07) is 4.58. The second-order valence-electron chi connectivity index (χ2n) is 8.09. The quantitative estimate of drug-likeness (QED) is 0.722. The lowest BCUT2D eigenvalue weighted by Crippen LogP contribution is -2.51. The van der Waals surface area contributed by atoms with Gasteiger partial charge in [-0.15, -0.1) is 0 Å². The molecule has 2 saturated heterocycles. The Balaban J connectivity index is 1.32. The molecule has 0 bridgehead atoms. The molecule has 4 rings (SSSR count). The molecule has 0 aromatic heterocycles. The van der Waals surface area contributed by atoms with E-state index in [-0.39, 0.29) is 29.5 Å². The minimum absolute atomic E-state index is 0.0293. The van der Waals surface area contributed by atoms with E-state index >= 15 is 0 Å². The van der Waals surface area contributed by atoms with Gasteiger partial charge in [0.15, 0.2) is 0 Å². The minimum Gasteiger partial charge on any atom is -0.496 e. The first-order valence-electron chi connectivity index (χ1n) is 10.2. The first kappa shape index (κ1) is 19.3. The molecule has 0 radical (unpaired) electrons. The van der Waals surface area contributed by atoms with Crippen molar-refractivity contribution >= 4 is 11.8 Å². The lowest BCUT2D eigenvalue weighted by atomic mass is 9.81. The highest BCUT2D eigenvalue weighted by atomic mass is 19.1. The number of imide groups is 1. The molecule has 1 aromatic carbocycles. The van der Waals surface area contributed by atoms with Gasteiger partial charge >= 0.3 is 0 Å². The zero-order chi connectivity index (χ0) is 19.7. The van der Waals surface area contributed by atoms with Crippen LogP contribution in [0.2, 0.25) is 0 Å². The molecule has 3 aliphatic rings. The van der Waals surface area contributed by atoms with Gasteiger partial charge in [-0.1, -0.05) is 12.8 Å². The molecule has 1 aliphatic carbocycles. The molecule has 0 spiro atoms. The summed E-state index contributed by atoms with van der Waals surface area (Å²) in [7, 11) is 1.59. The van der Waals surface area contributed by atoms with Gasteiger partial charge in [0.25, 0.3) is 0 Å². The van der Waals surface area contributed by atoms with E-state index in [1.54, 1.807) is 13.2 Å². The third-order valence-corrected chi connectivity index (χ3v) is 6.38. The number of likely N-dealkylation sites (tertiary alicyclic amines) is 1. The summed E-state index contributed by atoms with van der Waals surface area (Å²) < 4.78 is 18.9. The molecule has 28 heavy (non-hydrogen) atoms. The number of methoxy groups -OCH3 is 1. The minimum atomic E-state index is -0.262. The lowest BCUT2D eigenvalue weighted by molar-refractivity contribution is -0.142. The molecule has 3 fully saturated rings. The number of hydrogen-bond donors (Lipinski definition) is 0. The molecule has 1 aromatic rings. The maximum atomic E-state index is 13.6. The summed E-state index contributed by atoms with van der Waals surface area (Å²) in [5, 5.41) is 0. The van der Waals surface area contributed by atoms with Gasteiger partial charge in [-0.25, -0.2) is 4.39 Å². The molecule has 6 nitrogen and oxygen atoms in total. The second kappa shape index (κ2) is 8.17. The van der Waals surface area contributed by atoms with Crippen LogP contribution in [0.25, 0.3) is 0 Å². The van der Waals surface area contributed by atoms with E-state index in [2.05, 4.69) is 9.80 Å². The summed E-state index contributed by atoms with van der Waals surface area (Å²) in [5.41, 5.74) is 0.838. The summed E-state index contributed by atoms with van der Waals surface area (Å²) in [5.74, 6) is 0.330. The molecule has 2 heterocycles. The molecular formula is C21H28FN3O3. The zero-order valence-corrected chi connectivity index (χ0v) is 16.4. The van der Waals surface area contributed by atoms with Crippen LogP contribution in [0.5, 0.6) is 5.75 Å². The van der Waals surface area contributed by atoms with Crippen LogP contribution in [0, 0.1) is 17.7 Å². The van der Waals surface area contributed by atoms with Crippen LogP contribution in [0.15, 0.2) is 18.2 Å². The summed E-state index contributed by atoms with van der Waals surface area (Å²) in [6.07, 6.45) is 3.82. The topological polar surface area (TPSA) is 53.1 Å².